The van der Waals surface area contributed by atoms with E-state index >= 15 is 0 Å². The van der Waals surface area contributed by atoms with E-state index in [4.69, 9.17) is 9.40 Å². The van der Waals surface area contributed by atoms with Crippen LogP contribution < -0.4 is 15.8 Å². The first kappa shape index (κ1) is 22.9. The number of hydrogen-bond acceptors (Lipinski definition) is 5. The summed E-state index contributed by atoms with van der Waals surface area (Å²) in [6.45, 7) is 3.72. The molecule has 1 saturated heterocycles. The molecule has 1 N–H and O–H groups in total. The van der Waals surface area contributed by atoms with Crippen molar-refractivity contribution in [3.63, 3.8) is 0 Å². The quantitative estimate of drug-likeness (QED) is 0.442. The molecule has 1 fully saturated rings. The molecule has 1 aliphatic rings. The minimum absolute atomic E-state index is 0.000904. The Morgan fingerprint density at radius 3 is 2.54 bits per heavy atom. The molecule has 7 heteroatoms. The lowest BCUT2D eigenvalue weighted by molar-refractivity contribution is -0.126. The van der Waals surface area contributed by atoms with E-state index in [0.717, 1.165) is 22.4 Å². The van der Waals surface area contributed by atoms with Gasteiger partial charge in [0.2, 0.25) is 5.91 Å². The minimum atomic E-state index is -0.0949. The lowest BCUT2D eigenvalue weighted by atomic mass is 9.95. The molecule has 3 heterocycles. The van der Waals surface area contributed by atoms with Gasteiger partial charge < -0.3 is 14.6 Å². The Balaban J connectivity index is 1.30. The molecule has 7 nitrogen and oxygen atoms in total. The van der Waals surface area contributed by atoms with Crippen LogP contribution in [0.3, 0.4) is 0 Å². The third-order valence-electron chi connectivity index (χ3n) is 6.66. The average molecular weight is 471 g/mol. The number of nitrogens with zero attached hydrogens (tertiary/aromatic N) is 3. The van der Waals surface area contributed by atoms with Gasteiger partial charge in [0, 0.05) is 31.5 Å². The molecular formula is C28H30N4O3. The molecule has 5 rings (SSSR count). The second kappa shape index (κ2) is 10.2. The number of furan rings is 1. The molecule has 0 aliphatic carbocycles. The summed E-state index contributed by atoms with van der Waals surface area (Å²) in [6.07, 6.45) is 3.69. The molecule has 0 bridgehead atoms. The predicted molar refractivity (Wildman–Crippen MR) is 137 cm³/mol. The minimum Gasteiger partial charge on any atom is -0.469 e. The summed E-state index contributed by atoms with van der Waals surface area (Å²) < 4.78 is 7.19. The van der Waals surface area contributed by atoms with Gasteiger partial charge in [-0.3, -0.25) is 14.2 Å². The summed E-state index contributed by atoms with van der Waals surface area (Å²) >= 11 is 0. The Morgan fingerprint density at radius 2 is 1.80 bits per heavy atom. The summed E-state index contributed by atoms with van der Waals surface area (Å²) in [7, 11) is 0. The first-order valence-electron chi connectivity index (χ1n) is 12.2. The molecule has 2 aromatic heterocycles. The van der Waals surface area contributed by atoms with Crippen LogP contribution in [0.4, 0.5) is 5.82 Å². The summed E-state index contributed by atoms with van der Waals surface area (Å²) in [5, 5.41) is 3.12. The molecule has 2 aromatic carbocycles. The van der Waals surface area contributed by atoms with Crippen LogP contribution in [0, 0.1) is 5.92 Å². The Morgan fingerprint density at radius 1 is 1.06 bits per heavy atom. The van der Waals surface area contributed by atoms with Crippen molar-refractivity contribution < 1.29 is 9.21 Å². The number of carbonyl (C=O) groups is 1. The van der Waals surface area contributed by atoms with Gasteiger partial charge >= 0.3 is 0 Å². The van der Waals surface area contributed by atoms with Crippen LogP contribution in [0.25, 0.3) is 11.0 Å². The Kier molecular flexibility index (Phi) is 6.66. The zero-order valence-corrected chi connectivity index (χ0v) is 19.9. The molecule has 0 spiro atoms. The van der Waals surface area contributed by atoms with E-state index in [9.17, 15) is 9.59 Å². The van der Waals surface area contributed by atoms with Gasteiger partial charge in [0.05, 0.1) is 23.8 Å². The van der Waals surface area contributed by atoms with Gasteiger partial charge in [-0.1, -0.05) is 42.5 Å². The molecule has 0 unspecified atom stereocenters. The van der Waals surface area contributed by atoms with E-state index < -0.39 is 0 Å². The van der Waals surface area contributed by atoms with Crippen molar-refractivity contribution in [2.75, 3.05) is 18.0 Å². The highest BCUT2D eigenvalue weighted by molar-refractivity contribution is 5.79. The van der Waals surface area contributed by atoms with Gasteiger partial charge in [0.1, 0.15) is 5.76 Å². The van der Waals surface area contributed by atoms with Crippen molar-refractivity contribution in [1.82, 2.24) is 14.9 Å². The lowest BCUT2D eigenvalue weighted by Crippen LogP contribution is -2.45. The number of fused-ring (bicyclic) bond motifs is 1. The van der Waals surface area contributed by atoms with E-state index in [1.54, 1.807) is 6.26 Å². The van der Waals surface area contributed by atoms with E-state index in [1.807, 2.05) is 83.1 Å². The summed E-state index contributed by atoms with van der Waals surface area (Å²) in [4.78, 5) is 33.2. The summed E-state index contributed by atoms with van der Waals surface area (Å²) in [5.74, 6) is 1.32. The Hall–Kier alpha value is -3.87. The topological polar surface area (TPSA) is 80.4 Å². The fraction of sp³-hybridized carbons (Fsp3) is 0.321. The molecule has 1 amide bonds. The molecule has 35 heavy (non-hydrogen) atoms. The van der Waals surface area contributed by atoms with Gasteiger partial charge in [-0.05, 0) is 49.6 Å². The average Bonchev–Trinajstić information content (AvgIpc) is 3.39. The third-order valence-corrected chi connectivity index (χ3v) is 6.66. The Labute approximate surface area is 204 Å². The number of nitrogens with one attached hydrogen (secondary N) is 1. The van der Waals surface area contributed by atoms with Gasteiger partial charge in [0.15, 0.2) is 5.82 Å². The SMILES string of the molecule is C[C@@H](Cc1ccco1)NC(=O)C1CCN(c2nc3ccccc3n(Cc3ccccc3)c2=O)CC1. The molecule has 1 aliphatic heterocycles. The second-order valence-electron chi connectivity index (χ2n) is 9.26. The number of anilines is 1. The van der Waals surface area contributed by atoms with Crippen LogP contribution in [0.15, 0.2) is 82.2 Å². The van der Waals surface area contributed by atoms with Crippen LogP contribution in [0.5, 0.6) is 0 Å². The normalized spacial score (nSPS) is 15.3. The summed E-state index contributed by atoms with van der Waals surface area (Å²) in [5.41, 5.74) is 2.59. The van der Waals surface area contributed by atoms with Gasteiger partial charge in [-0.25, -0.2) is 4.98 Å². The number of hydrogen-bond donors (Lipinski definition) is 1. The lowest BCUT2D eigenvalue weighted by Gasteiger charge is -2.32. The maximum atomic E-state index is 13.6. The first-order valence-corrected chi connectivity index (χ1v) is 12.2. The largest absolute Gasteiger partial charge is 0.469 e. The number of piperidine rings is 1. The number of rotatable bonds is 7. The maximum Gasteiger partial charge on any atom is 0.294 e. The molecule has 180 valence electrons. The van der Waals surface area contributed by atoms with E-state index in [2.05, 4.69) is 5.32 Å². The Bertz CT molecular complexity index is 1340. The van der Waals surface area contributed by atoms with Crippen molar-refractivity contribution >= 4 is 22.8 Å². The van der Waals surface area contributed by atoms with Crippen LogP contribution in [0.1, 0.15) is 31.1 Å². The summed E-state index contributed by atoms with van der Waals surface area (Å²) in [6, 6.07) is 21.5. The van der Waals surface area contributed by atoms with Gasteiger partial charge in [-0.2, -0.15) is 0 Å². The number of para-hydroxylation sites is 2. The highest BCUT2D eigenvalue weighted by atomic mass is 16.3. The molecule has 0 saturated carbocycles. The third kappa shape index (κ3) is 5.14. The predicted octanol–water partition coefficient (Wildman–Crippen LogP) is 4.00. The van der Waals surface area contributed by atoms with Crippen molar-refractivity contribution in [1.29, 1.82) is 0 Å². The molecule has 4 aromatic rings. The fourth-order valence-electron chi connectivity index (χ4n) is 4.80. The van der Waals surface area contributed by atoms with Crippen molar-refractivity contribution in [3.8, 4) is 0 Å². The van der Waals surface area contributed by atoms with Crippen LogP contribution in [-0.2, 0) is 17.8 Å². The highest BCUT2D eigenvalue weighted by Gasteiger charge is 2.28. The van der Waals surface area contributed by atoms with Crippen molar-refractivity contribution in [2.24, 2.45) is 5.92 Å². The second-order valence-corrected chi connectivity index (χ2v) is 9.26. The number of aromatic nitrogens is 2. The van der Waals surface area contributed by atoms with Crippen molar-refractivity contribution in [3.05, 3.63) is 94.7 Å². The van der Waals surface area contributed by atoms with E-state index in [0.29, 0.717) is 44.7 Å². The van der Waals surface area contributed by atoms with Crippen molar-refractivity contribution in [2.45, 2.75) is 38.8 Å². The van der Waals surface area contributed by atoms with Gasteiger partial charge in [0.25, 0.3) is 5.56 Å². The molecule has 1 atom stereocenters. The first-order chi connectivity index (χ1) is 17.1. The highest BCUT2D eigenvalue weighted by Crippen LogP contribution is 2.23. The smallest absolute Gasteiger partial charge is 0.294 e. The fourth-order valence-corrected chi connectivity index (χ4v) is 4.80. The van der Waals surface area contributed by atoms with Crippen LogP contribution >= 0.6 is 0 Å². The standard InChI is InChI=1S/C28H30N4O3/c1-20(18-23-10-7-17-35-23)29-27(33)22-13-15-31(16-14-22)26-28(34)32(19-21-8-3-2-4-9-21)25-12-6-5-11-24(25)30-26/h2-12,17,20,22H,13-16,18-19H2,1H3,(H,29,33)/t20-/m0/s1. The molecular weight excluding hydrogens is 440 g/mol. The van der Waals surface area contributed by atoms with E-state index in [-0.39, 0.29) is 23.4 Å². The monoisotopic (exact) mass is 470 g/mol. The number of carbonyl (C=O) groups excluding carboxylic acids is 1. The van der Waals surface area contributed by atoms with Crippen LogP contribution in [0.2, 0.25) is 0 Å². The van der Waals surface area contributed by atoms with Crippen LogP contribution in [-0.4, -0.2) is 34.6 Å². The zero-order chi connectivity index (χ0) is 24.2. The van der Waals surface area contributed by atoms with Gasteiger partial charge in [-0.15, -0.1) is 0 Å². The number of benzene rings is 2. The van der Waals surface area contributed by atoms with E-state index in [1.165, 1.54) is 0 Å². The number of amides is 1. The maximum absolute atomic E-state index is 13.6. The molecule has 0 radical (unpaired) electrons. The zero-order valence-electron chi connectivity index (χ0n) is 19.9.